The van der Waals surface area contributed by atoms with Gasteiger partial charge in [-0.15, -0.1) is 11.3 Å². The lowest BCUT2D eigenvalue weighted by Gasteiger charge is -2.25. The van der Waals surface area contributed by atoms with E-state index in [1.165, 1.54) is 9.91 Å². The summed E-state index contributed by atoms with van der Waals surface area (Å²) < 4.78 is 0. The zero-order valence-corrected chi connectivity index (χ0v) is 16.5. The van der Waals surface area contributed by atoms with E-state index in [2.05, 4.69) is 5.10 Å². The van der Waals surface area contributed by atoms with E-state index in [1.54, 1.807) is 18.4 Å². The molecule has 1 aliphatic heterocycles. The number of likely N-dealkylation sites (N-methyl/N-ethyl adjacent to an activating group) is 1. The van der Waals surface area contributed by atoms with Gasteiger partial charge in [0.2, 0.25) is 5.91 Å². The Balaban J connectivity index is 1.57. The summed E-state index contributed by atoms with van der Waals surface area (Å²) in [6.07, 6.45) is 2.50. The van der Waals surface area contributed by atoms with E-state index in [0.717, 1.165) is 29.0 Å². The van der Waals surface area contributed by atoms with Gasteiger partial charge in [0.1, 0.15) is 6.54 Å². The number of benzene rings is 1. The van der Waals surface area contributed by atoms with Crippen molar-refractivity contribution in [3.05, 3.63) is 57.2 Å². The molecule has 1 aromatic heterocycles. The smallest absolute Gasteiger partial charge is 0.262 e. The van der Waals surface area contributed by atoms with Gasteiger partial charge in [-0.1, -0.05) is 29.8 Å². The first-order valence-electron chi connectivity index (χ1n) is 8.97. The molecule has 1 saturated carbocycles. The predicted molar refractivity (Wildman–Crippen MR) is 107 cm³/mol. The van der Waals surface area contributed by atoms with E-state index in [9.17, 15) is 9.59 Å². The number of hydrogen-bond donors (Lipinski definition) is 0. The van der Waals surface area contributed by atoms with Gasteiger partial charge in [0.05, 0.1) is 16.6 Å². The number of carbonyl (C=O) groups excluding carboxylic acids is 2. The quantitative estimate of drug-likeness (QED) is 0.761. The number of rotatable bonds is 5. The van der Waals surface area contributed by atoms with E-state index >= 15 is 0 Å². The molecule has 2 aliphatic rings. The van der Waals surface area contributed by atoms with Crippen LogP contribution >= 0.6 is 22.9 Å². The predicted octanol–water partition coefficient (Wildman–Crippen LogP) is 3.95. The molecule has 2 amide bonds. The molecule has 1 unspecified atom stereocenters. The number of halogens is 1. The zero-order chi connectivity index (χ0) is 19.0. The topological polar surface area (TPSA) is 53.0 Å². The zero-order valence-electron chi connectivity index (χ0n) is 15.0. The standard InChI is InChI=1S/C20H20ClN3O2S/c1-23(20(26)14-4-5-14)12-19(25)24-17(13-6-8-15(21)9-7-13)11-16(22-24)18-3-2-10-27-18/h2-3,6-10,14,17H,4-5,11-12H2,1H3. The highest BCUT2D eigenvalue weighted by Crippen LogP contribution is 2.35. The van der Waals surface area contributed by atoms with Crippen molar-refractivity contribution in [2.75, 3.05) is 13.6 Å². The van der Waals surface area contributed by atoms with E-state index in [0.29, 0.717) is 11.4 Å². The van der Waals surface area contributed by atoms with Gasteiger partial charge < -0.3 is 4.90 Å². The number of carbonyl (C=O) groups is 2. The van der Waals surface area contributed by atoms with Crippen molar-refractivity contribution in [2.45, 2.75) is 25.3 Å². The van der Waals surface area contributed by atoms with Gasteiger partial charge in [0.25, 0.3) is 5.91 Å². The maximum absolute atomic E-state index is 13.0. The molecule has 27 heavy (non-hydrogen) atoms. The van der Waals surface area contributed by atoms with Crippen LogP contribution in [0.4, 0.5) is 0 Å². The highest BCUT2D eigenvalue weighted by Gasteiger charge is 2.36. The Kier molecular flexibility index (Phi) is 5.02. The highest BCUT2D eigenvalue weighted by molar-refractivity contribution is 7.12. The van der Waals surface area contributed by atoms with Gasteiger partial charge >= 0.3 is 0 Å². The first-order valence-corrected chi connectivity index (χ1v) is 10.2. The molecule has 0 bridgehead atoms. The van der Waals surface area contributed by atoms with Crippen LogP contribution in [0.25, 0.3) is 0 Å². The lowest BCUT2D eigenvalue weighted by molar-refractivity contribution is -0.141. The average Bonchev–Trinajstić information content (AvgIpc) is 3.18. The molecule has 0 N–H and O–H groups in total. The molecule has 2 heterocycles. The average molecular weight is 402 g/mol. The van der Waals surface area contributed by atoms with Crippen LogP contribution in [0.15, 0.2) is 46.9 Å². The summed E-state index contributed by atoms with van der Waals surface area (Å²) in [5, 5.41) is 8.82. The van der Waals surface area contributed by atoms with Crippen molar-refractivity contribution in [3.63, 3.8) is 0 Å². The summed E-state index contributed by atoms with van der Waals surface area (Å²) in [4.78, 5) is 27.8. The third-order valence-corrected chi connectivity index (χ3v) is 6.07. The summed E-state index contributed by atoms with van der Waals surface area (Å²) in [7, 11) is 1.69. The Labute approximate surface area is 167 Å². The van der Waals surface area contributed by atoms with E-state index < -0.39 is 0 Å². The lowest BCUT2D eigenvalue weighted by atomic mass is 10.0. The summed E-state index contributed by atoms with van der Waals surface area (Å²) in [6.45, 7) is 0.0423. The third kappa shape index (κ3) is 3.92. The molecule has 5 nitrogen and oxygen atoms in total. The third-order valence-electron chi connectivity index (χ3n) is 4.90. The first kappa shape index (κ1) is 18.2. The Bertz CT molecular complexity index is 875. The van der Waals surface area contributed by atoms with Crippen LogP contribution in [-0.2, 0) is 9.59 Å². The van der Waals surface area contributed by atoms with Crippen LogP contribution in [0.2, 0.25) is 5.02 Å². The minimum atomic E-state index is -0.184. The molecule has 4 rings (SSSR count). The van der Waals surface area contributed by atoms with Gasteiger partial charge in [-0.25, -0.2) is 5.01 Å². The van der Waals surface area contributed by atoms with Crippen LogP contribution < -0.4 is 0 Å². The Morgan fingerprint density at radius 3 is 2.63 bits per heavy atom. The molecule has 1 atom stereocenters. The normalized spacial score (nSPS) is 19.1. The van der Waals surface area contributed by atoms with Gasteiger partial charge in [0, 0.05) is 24.4 Å². The van der Waals surface area contributed by atoms with Crippen LogP contribution in [0.3, 0.4) is 0 Å². The van der Waals surface area contributed by atoms with Crippen LogP contribution in [0.5, 0.6) is 0 Å². The first-order chi connectivity index (χ1) is 13.0. The molecule has 2 aromatic rings. The van der Waals surface area contributed by atoms with Crippen molar-refractivity contribution in [1.29, 1.82) is 0 Å². The van der Waals surface area contributed by atoms with Crippen molar-refractivity contribution in [3.8, 4) is 0 Å². The molecule has 140 valence electrons. The number of hydrazone groups is 1. The molecular weight excluding hydrogens is 382 g/mol. The van der Waals surface area contributed by atoms with Crippen LogP contribution in [-0.4, -0.2) is 41.0 Å². The minimum absolute atomic E-state index is 0.0423. The number of hydrogen-bond acceptors (Lipinski definition) is 4. The van der Waals surface area contributed by atoms with Crippen LogP contribution in [0, 0.1) is 5.92 Å². The number of amides is 2. The van der Waals surface area contributed by atoms with Gasteiger partial charge in [0.15, 0.2) is 0 Å². The molecule has 7 heteroatoms. The fourth-order valence-electron chi connectivity index (χ4n) is 3.27. The Morgan fingerprint density at radius 1 is 1.26 bits per heavy atom. The largest absolute Gasteiger partial charge is 0.336 e. The van der Waals surface area contributed by atoms with E-state index in [-0.39, 0.29) is 30.3 Å². The maximum Gasteiger partial charge on any atom is 0.262 e. The second-order valence-corrected chi connectivity index (χ2v) is 8.39. The van der Waals surface area contributed by atoms with Crippen molar-refractivity contribution in [1.82, 2.24) is 9.91 Å². The molecule has 0 saturated heterocycles. The van der Waals surface area contributed by atoms with Gasteiger partial charge in [-0.2, -0.15) is 5.10 Å². The van der Waals surface area contributed by atoms with Crippen molar-refractivity contribution >= 4 is 40.5 Å². The monoisotopic (exact) mass is 401 g/mol. The Hall–Kier alpha value is -2.18. The molecule has 1 aromatic carbocycles. The SMILES string of the molecule is CN(CC(=O)N1N=C(c2cccs2)CC1c1ccc(Cl)cc1)C(=O)C1CC1. The van der Waals surface area contributed by atoms with Gasteiger partial charge in [-0.05, 0) is 42.0 Å². The van der Waals surface area contributed by atoms with E-state index in [4.69, 9.17) is 11.6 Å². The summed E-state index contributed by atoms with van der Waals surface area (Å²) in [5.74, 6) is -0.0234. The second kappa shape index (κ2) is 7.44. The van der Waals surface area contributed by atoms with E-state index in [1.807, 2.05) is 41.8 Å². The fraction of sp³-hybridized carbons (Fsp3) is 0.350. The van der Waals surface area contributed by atoms with Crippen molar-refractivity contribution in [2.24, 2.45) is 11.0 Å². The minimum Gasteiger partial charge on any atom is -0.336 e. The highest BCUT2D eigenvalue weighted by atomic mass is 35.5. The molecule has 1 fully saturated rings. The second-order valence-electron chi connectivity index (χ2n) is 7.00. The summed E-state index contributed by atoms with van der Waals surface area (Å²) in [5.41, 5.74) is 1.88. The Morgan fingerprint density at radius 2 is 2.00 bits per heavy atom. The van der Waals surface area contributed by atoms with Crippen molar-refractivity contribution < 1.29 is 9.59 Å². The van der Waals surface area contributed by atoms with Gasteiger partial charge in [-0.3, -0.25) is 9.59 Å². The number of thiophene rings is 1. The van der Waals surface area contributed by atoms with Crippen LogP contribution in [0.1, 0.15) is 35.7 Å². The molecular formula is C20H20ClN3O2S. The maximum atomic E-state index is 13.0. The fourth-order valence-corrected chi connectivity index (χ4v) is 4.12. The summed E-state index contributed by atoms with van der Waals surface area (Å²) >= 11 is 7.62. The lowest BCUT2D eigenvalue weighted by Crippen LogP contribution is -2.39. The molecule has 1 aliphatic carbocycles. The molecule has 0 radical (unpaired) electrons. The number of nitrogens with zero attached hydrogens (tertiary/aromatic N) is 3. The summed E-state index contributed by atoms with van der Waals surface area (Å²) in [6, 6.07) is 11.3. The molecule has 0 spiro atoms.